The number of rotatable bonds is 2. The quantitative estimate of drug-likeness (QED) is 0.740. The highest BCUT2D eigenvalue weighted by molar-refractivity contribution is 14.1. The molecule has 17 heavy (non-hydrogen) atoms. The van der Waals surface area contributed by atoms with Crippen LogP contribution in [-0.2, 0) is 0 Å². The van der Waals surface area contributed by atoms with Crippen LogP contribution in [0.5, 0.6) is 0 Å². The Labute approximate surface area is 109 Å². The van der Waals surface area contributed by atoms with Gasteiger partial charge in [0, 0.05) is 22.6 Å². The van der Waals surface area contributed by atoms with Crippen LogP contribution in [-0.4, -0.2) is 21.8 Å². The van der Waals surface area contributed by atoms with E-state index in [-0.39, 0.29) is 11.5 Å². The van der Waals surface area contributed by atoms with E-state index in [0.717, 1.165) is 6.39 Å². The first-order valence-electron chi connectivity index (χ1n) is 4.10. The van der Waals surface area contributed by atoms with Crippen LogP contribution in [0.15, 0.2) is 27.6 Å². The van der Waals surface area contributed by atoms with Gasteiger partial charge >= 0.3 is 0 Å². The fourth-order valence-electron chi connectivity index (χ4n) is 0.704. The smallest absolute Gasteiger partial charge is 0.286 e. The van der Waals surface area contributed by atoms with Gasteiger partial charge in [-0.05, 0) is 0 Å². The molecule has 2 heterocycles. The summed E-state index contributed by atoms with van der Waals surface area (Å²) in [4.78, 5) is 27.6. The van der Waals surface area contributed by atoms with E-state index in [9.17, 15) is 9.59 Å². The molecule has 90 valence electrons. The highest BCUT2D eigenvalue weighted by Crippen LogP contribution is 2.03. The number of nitrogens with zero attached hydrogens (tertiary/aromatic N) is 2. The SMILES string of the molecule is NC(=O)c1cnc(I)o1.NC(=O)c1cnco1. The van der Waals surface area contributed by atoms with Crippen molar-refractivity contribution in [2.75, 3.05) is 0 Å². The summed E-state index contributed by atoms with van der Waals surface area (Å²) in [6.45, 7) is 0. The third kappa shape index (κ3) is 4.22. The molecule has 0 saturated heterocycles. The van der Waals surface area contributed by atoms with E-state index in [1.165, 1.54) is 12.4 Å². The molecule has 4 N–H and O–H groups in total. The van der Waals surface area contributed by atoms with E-state index in [4.69, 9.17) is 15.9 Å². The summed E-state index contributed by atoms with van der Waals surface area (Å²) in [6, 6.07) is 0. The van der Waals surface area contributed by atoms with E-state index in [0.29, 0.717) is 3.90 Å². The Balaban J connectivity index is 0.000000171. The standard InChI is InChI=1S/C4H3IN2O2.C4H4N2O2/c5-4-7-1-2(9-4)3(6)8;5-4(7)3-1-6-2-8-3/h1H,(H2,6,8);1-2H,(H2,5,7). The lowest BCUT2D eigenvalue weighted by Crippen LogP contribution is -2.09. The van der Waals surface area contributed by atoms with Gasteiger partial charge in [0.1, 0.15) is 0 Å². The van der Waals surface area contributed by atoms with Crippen LogP contribution in [0.1, 0.15) is 21.1 Å². The molecule has 0 aliphatic rings. The number of hydrogen-bond donors (Lipinski definition) is 2. The van der Waals surface area contributed by atoms with E-state index in [1.807, 2.05) is 22.6 Å². The van der Waals surface area contributed by atoms with Crippen molar-refractivity contribution in [2.45, 2.75) is 0 Å². The van der Waals surface area contributed by atoms with Crippen LogP contribution < -0.4 is 11.5 Å². The number of hydrogen-bond acceptors (Lipinski definition) is 6. The number of carbonyl (C=O) groups excluding carboxylic acids is 2. The molecular weight excluding hydrogens is 343 g/mol. The van der Waals surface area contributed by atoms with Crippen molar-refractivity contribution in [1.82, 2.24) is 9.97 Å². The van der Waals surface area contributed by atoms with Crippen molar-refractivity contribution >= 4 is 34.4 Å². The summed E-state index contributed by atoms with van der Waals surface area (Å²) in [6.07, 6.45) is 3.71. The molecule has 0 radical (unpaired) electrons. The maximum Gasteiger partial charge on any atom is 0.286 e. The molecule has 0 atom stereocenters. The number of carbonyl (C=O) groups is 2. The van der Waals surface area contributed by atoms with Gasteiger partial charge in [0.2, 0.25) is 11.5 Å². The highest BCUT2D eigenvalue weighted by atomic mass is 127. The number of nitrogens with two attached hydrogens (primary N) is 2. The summed E-state index contributed by atoms with van der Waals surface area (Å²) in [5.74, 6) is -1.00. The van der Waals surface area contributed by atoms with Gasteiger partial charge in [0.25, 0.3) is 15.7 Å². The number of primary amides is 2. The Bertz CT molecular complexity index is 507. The van der Waals surface area contributed by atoms with Crippen LogP contribution in [0.4, 0.5) is 0 Å². The maximum absolute atomic E-state index is 10.3. The van der Waals surface area contributed by atoms with Crippen molar-refractivity contribution in [3.8, 4) is 0 Å². The van der Waals surface area contributed by atoms with Crippen LogP contribution in [0, 0.1) is 3.90 Å². The Kier molecular flexibility index (Phi) is 4.63. The zero-order valence-electron chi connectivity index (χ0n) is 8.29. The highest BCUT2D eigenvalue weighted by Gasteiger charge is 2.04. The number of oxazole rings is 2. The first-order valence-corrected chi connectivity index (χ1v) is 5.18. The fourth-order valence-corrected chi connectivity index (χ4v) is 1.08. The minimum Gasteiger partial charge on any atom is -0.438 e. The van der Waals surface area contributed by atoms with Crippen molar-refractivity contribution in [1.29, 1.82) is 0 Å². The van der Waals surface area contributed by atoms with Gasteiger partial charge in [-0.3, -0.25) is 9.59 Å². The Morgan fingerprint density at radius 3 is 2.06 bits per heavy atom. The zero-order chi connectivity index (χ0) is 12.8. The van der Waals surface area contributed by atoms with Gasteiger partial charge in [-0.25, -0.2) is 9.97 Å². The minimum atomic E-state index is -0.595. The number of halogens is 1. The predicted octanol–water partition coefficient (Wildman–Crippen LogP) is 0.152. The molecule has 2 amide bonds. The largest absolute Gasteiger partial charge is 0.438 e. The minimum absolute atomic E-state index is 0.0880. The molecule has 0 aromatic carbocycles. The lowest BCUT2D eigenvalue weighted by molar-refractivity contribution is 0.0965. The fraction of sp³-hybridized carbons (Fsp3) is 0. The van der Waals surface area contributed by atoms with Crippen molar-refractivity contribution in [2.24, 2.45) is 11.5 Å². The first kappa shape index (κ1) is 13.2. The molecule has 0 saturated carbocycles. The molecule has 0 aliphatic carbocycles. The number of aromatic nitrogens is 2. The summed E-state index contributed by atoms with van der Waals surface area (Å²) in [5.41, 5.74) is 9.64. The number of amides is 2. The molecule has 8 nitrogen and oxygen atoms in total. The molecule has 0 unspecified atom stereocenters. The van der Waals surface area contributed by atoms with Gasteiger partial charge in [-0.1, -0.05) is 0 Å². The van der Waals surface area contributed by atoms with Crippen molar-refractivity contribution < 1.29 is 18.4 Å². The molecule has 2 rings (SSSR count). The lowest BCUT2D eigenvalue weighted by atomic mass is 10.5. The molecule has 2 aromatic rings. The molecule has 0 fully saturated rings. The van der Waals surface area contributed by atoms with Gasteiger partial charge in [0.15, 0.2) is 6.39 Å². The third-order valence-electron chi connectivity index (χ3n) is 1.40. The average molecular weight is 350 g/mol. The molecule has 0 bridgehead atoms. The average Bonchev–Trinajstić information content (AvgIpc) is 2.87. The third-order valence-corrected chi connectivity index (χ3v) is 1.89. The van der Waals surface area contributed by atoms with E-state index in [1.54, 1.807) is 0 Å². The lowest BCUT2D eigenvalue weighted by Gasteiger charge is -1.80. The second kappa shape index (κ2) is 5.98. The molecule has 9 heteroatoms. The summed E-state index contributed by atoms with van der Waals surface area (Å²) in [5, 5.41) is 0. The van der Waals surface area contributed by atoms with E-state index < -0.39 is 11.8 Å². The zero-order valence-corrected chi connectivity index (χ0v) is 10.4. The predicted molar refractivity (Wildman–Crippen MR) is 62.8 cm³/mol. The van der Waals surface area contributed by atoms with Gasteiger partial charge in [-0.15, -0.1) is 0 Å². The Morgan fingerprint density at radius 1 is 1.18 bits per heavy atom. The normalized spacial score (nSPS) is 9.24. The van der Waals surface area contributed by atoms with Crippen molar-refractivity contribution in [3.63, 3.8) is 0 Å². The van der Waals surface area contributed by atoms with Crippen LogP contribution in [0.2, 0.25) is 0 Å². The van der Waals surface area contributed by atoms with Gasteiger partial charge < -0.3 is 20.3 Å². The van der Waals surface area contributed by atoms with Crippen LogP contribution in [0.25, 0.3) is 0 Å². The Morgan fingerprint density at radius 2 is 1.82 bits per heavy atom. The van der Waals surface area contributed by atoms with Crippen LogP contribution >= 0.6 is 22.6 Å². The topological polar surface area (TPSA) is 138 Å². The summed E-state index contributed by atoms with van der Waals surface area (Å²) >= 11 is 1.85. The van der Waals surface area contributed by atoms with Gasteiger partial charge in [0.05, 0.1) is 12.4 Å². The molecule has 0 aliphatic heterocycles. The van der Waals surface area contributed by atoms with Crippen LogP contribution in [0.3, 0.4) is 0 Å². The van der Waals surface area contributed by atoms with Crippen molar-refractivity contribution in [3.05, 3.63) is 34.2 Å². The first-order chi connectivity index (χ1) is 8.00. The second-order valence-electron chi connectivity index (χ2n) is 2.57. The molecular formula is C8H7IN4O4. The summed E-state index contributed by atoms with van der Waals surface area (Å²) < 4.78 is 9.67. The van der Waals surface area contributed by atoms with E-state index in [2.05, 4.69) is 14.4 Å². The monoisotopic (exact) mass is 350 g/mol. The van der Waals surface area contributed by atoms with E-state index >= 15 is 0 Å². The van der Waals surface area contributed by atoms with Gasteiger partial charge in [-0.2, -0.15) is 0 Å². The molecule has 0 spiro atoms. The second-order valence-corrected chi connectivity index (χ2v) is 3.49. The summed E-state index contributed by atoms with van der Waals surface area (Å²) in [7, 11) is 0. The maximum atomic E-state index is 10.3. The Hall–Kier alpha value is -1.91. The molecule has 2 aromatic heterocycles.